The summed E-state index contributed by atoms with van der Waals surface area (Å²) in [6.45, 7) is 2.89. The largest absolute Gasteiger partial charge is 0.329 e. The van der Waals surface area contributed by atoms with Crippen molar-refractivity contribution in [2.24, 2.45) is 5.73 Å². The van der Waals surface area contributed by atoms with Crippen LogP contribution < -0.4 is 5.73 Å². The molecule has 2 nitrogen and oxygen atoms in total. The molecule has 1 aliphatic heterocycles. The number of rotatable bonds is 3. The summed E-state index contributed by atoms with van der Waals surface area (Å²) in [5.74, 6) is 0. The maximum Gasteiger partial charge on any atom is 0.0409 e. The van der Waals surface area contributed by atoms with Crippen LogP contribution in [0.2, 0.25) is 5.02 Å². The summed E-state index contributed by atoms with van der Waals surface area (Å²) in [5, 5.41) is 0.815. The zero-order chi connectivity index (χ0) is 10.8. The fraction of sp³-hybridized carbons (Fsp3) is 0.455. The maximum absolute atomic E-state index is 5.99. The van der Waals surface area contributed by atoms with E-state index in [0.717, 1.165) is 24.7 Å². The second-order valence-corrected chi connectivity index (χ2v) is 5.48. The van der Waals surface area contributed by atoms with E-state index in [1.165, 1.54) is 15.6 Å². The zero-order valence-electron chi connectivity index (χ0n) is 8.42. The molecular weight excluding hydrogens is 322 g/mol. The van der Waals surface area contributed by atoms with E-state index in [2.05, 4.69) is 39.6 Å². The molecule has 1 heterocycles. The minimum Gasteiger partial charge on any atom is -0.329 e. The fourth-order valence-corrected chi connectivity index (χ4v) is 2.55. The predicted octanol–water partition coefficient (Wildman–Crippen LogP) is 2.48. The van der Waals surface area contributed by atoms with Gasteiger partial charge < -0.3 is 5.73 Å². The lowest BCUT2D eigenvalue weighted by atomic mass is 10.0. The van der Waals surface area contributed by atoms with Crippen molar-refractivity contribution in [2.75, 3.05) is 13.1 Å². The van der Waals surface area contributed by atoms with Crippen LogP contribution in [0.5, 0.6) is 0 Å². The molecule has 1 atom stereocenters. The van der Waals surface area contributed by atoms with Crippen molar-refractivity contribution in [3.05, 3.63) is 32.4 Å². The van der Waals surface area contributed by atoms with Gasteiger partial charge in [-0.15, -0.1) is 0 Å². The molecular formula is C11H14ClIN2. The summed E-state index contributed by atoms with van der Waals surface area (Å²) >= 11 is 8.34. The maximum atomic E-state index is 5.99. The van der Waals surface area contributed by atoms with E-state index in [9.17, 15) is 0 Å². The van der Waals surface area contributed by atoms with E-state index >= 15 is 0 Å². The molecule has 0 bridgehead atoms. The zero-order valence-corrected chi connectivity index (χ0v) is 11.3. The van der Waals surface area contributed by atoms with Crippen molar-refractivity contribution in [1.82, 2.24) is 4.90 Å². The Morgan fingerprint density at radius 3 is 2.93 bits per heavy atom. The summed E-state index contributed by atoms with van der Waals surface area (Å²) in [6.07, 6.45) is 1.23. The number of hydrogen-bond donors (Lipinski definition) is 1. The number of halogens is 2. The first-order valence-corrected chi connectivity index (χ1v) is 6.54. The second kappa shape index (κ2) is 4.99. The Labute approximate surface area is 109 Å². The smallest absolute Gasteiger partial charge is 0.0409 e. The van der Waals surface area contributed by atoms with Crippen molar-refractivity contribution >= 4 is 34.2 Å². The summed E-state index contributed by atoms with van der Waals surface area (Å²) in [4.78, 5) is 2.41. The van der Waals surface area contributed by atoms with Crippen LogP contribution in [0.15, 0.2) is 18.2 Å². The molecule has 2 rings (SSSR count). The van der Waals surface area contributed by atoms with Gasteiger partial charge in [0, 0.05) is 34.3 Å². The van der Waals surface area contributed by atoms with Crippen LogP contribution >= 0.6 is 34.2 Å². The molecule has 2 N–H and O–H groups in total. The Hall–Kier alpha value is 0.160. The van der Waals surface area contributed by atoms with Crippen LogP contribution in [0.25, 0.3) is 0 Å². The highest BCUT2D eigenvalue weighted by Gasteiger charge is 2.26. The van der Waals surface area contributed by atoms with Crippen molar-refractivity contribution in [1.29, 1.82) is 0 Å². The van der Waals surface area contributed by atoms with E-state index in [1.807, 2.05) is 6.07 Å². The average Bonchev–Trinajstić information content (AvgIpc) is 2.18. The Bertz CT molecular complexity index is 354. The van der Waals surface area contributed by atoms with Gasteiger partial charge in [-0.3, -0.25) is 4.90 Å². The first-order valence-electron chi connectivity index (χ1n) is 5.08. The Kier molecular flexibility index (Phi) is 3.88. The van der Waals surface area contributed by atoms with Gasteiger partial charge in [0.2, 0.25) is 0 Å². The molecule has 15 heavy (non-hydrogen) atoms. The monoisotopic (exact) mass is 336 g/mol. The van der Waals surface area contributed by atoms with Gasteiger partial charge in [0.15, 0.2) is 0 Å². The van der Waals surface area contributed by atoms with Gasteiger partial charge in [-0.05, 0) is 52.8 Å². The highest BCUT2D eigenvalue weighted by atomic mass is 127. The first-order chi connectivity index (χ1) is 7.20. The average molecular weight is 337 g/mol. The van der Waals surface area contributed by atoms with Crippen LogP contribution in [0, 0.1) is 3.57 Å². The quantitative estimate of drug-likeness (QED) is 0.859. The molecule has 4 heteroatoms. The molecule has 1 aliphatic rings. The molecule has 0 saturated carbocycles. The van der Waals surface area contributed by atoms with Crippen molar-refractivity contribution in [3.8, 4) is 0 Å². The molecule has 0 radical (unpaired) electrons. The van der Waals surface area contributed by atoms with Crippen LogP contribution in [0.1, 0.15) is 12.0 Å². The highest BCUT2D eigenvalue weighted by Crippen LogP contribution is 2.24. The van der Waals surface area contributed by atoms with Gasteiger partial charge in [0.1, 0.15) is 0 Å². The molecule has 0 amide bonds. The van der Waals surface area contributed by atoms with Gasteiger partial charge in [0.25, 0.3) is 0 Å². The van der Waals surface area contributed by atoms with Crippen molar-refractivity contribution in [2.45, 2.75) is 19.0 Å². The standard InChI is InChI=1S/C11H14ClIN2/c12-9-1-2-11(13)8(5-9)7-15-4-3-10(15)6-14/h1-2,5,10H,3-4,6-7,14H2. The van der Waals surface area contributed by atoms with Gasteiger partial charge in [-0.25, -0.2) is 0 Å². The van der Waals surface area contributed by atoms with Crippen molar-refractivity contribution in [3.63, 3.8) is 0 Å². The van der Waals surface area contributed by atoms with E-state index in [-0.39, 0.29) is 0 Å². The van der Waals surface area contributed by atoms with E-state index in [1.54, 1.807) is 0 Å². The third-order valence-electron chi connectivity index (χ3n) is 2.92. The molecule has 1 aromatic rings. The number of nitrogens with two attached hydrogens (primary N) is 1. The summed E-state index contributed by atoms with van der Waals surface area (Å²) < 4.78 is 1.28. The molecule has 1 aromatic carbocycles. The second-order valence-electron chi connectivity index (χ2n) is 3.88. The number of likely N-dealkylation sites (tertiary alicyclic amines) is 1. The third-order valence-corrected chi connectivity index (χ3v) is 4.21. The van der Waals surface area contributed by atoms with Gasteiger partial charge in [-0.2, -0.15) is 0 Å². The number of hydrogen-bond acceptors (Lipinski definition) is 2. The van der Waals surface area contributed by atoms with Crippen LogP contribution in [0.3, 0.4) is 0 Å². The van der Waals surface area contributed by atoms with Gasteiger partial charge >= 0.3 is 0 Å². The van der Waals surface area contributed by atoms with Gasteiger partial charge in [-0.1, -0.05) is 11.6 Å². The lowest BCUT2D eigenvalue weighted by Crippen LogP contribution is -2.50. The summed E-state index contributed by atoms with van der Waals surface area (Å²) in [7, 11) is 0. The molecule has 0 aromatic heterocycles. The minimum absolute atomic E-state index is 0.569. The lowest BCUT2D eigenvalue weighted by Gasteiger charge is -2.40. The summed E-state index contributed by atoms with van der Waals surface area (Å²) in [5.41, 5.74) is 6.98. The van der Waals surface area contributed by atoms with Crippen LogP contribution in [0.4, 0.5) is 0 Å². The molecule has 82 valence electrons. The van der Waals surface area contributed by atoms with Crippen LogP contribution in [-0.4, -0.2) is 24.0 Å². The Morgan fingerprint density at radius 1 is 1.53 bits per heavy atom. The molecule has 1 saturated heterocycles. The van der Waals surface area contributed by atoms with Gasteiger partial charge in [0.05, 0.1) is 0 Å². The highest BCUT2D eigenvalue weighted by molar-refractivity contribution is 14.1. The van der Waals surface area contributed by atoms with Crippen LogP contribution in [-0.2, 0) is 6.54 Å². The number of benzene rings is 1. The summed E-state index contributed by atoms with van der Waals surface area (Å²) in [6, 6.07) is 6.62. The Balaban J connectivity index is 2.07. The normalized spacial score (nSPS) is 21.4. The molecule has 1 fully saturated rings. The third kappa shape index (κ3) is 2.64. The fourth-order valence-electron chi connectivity index (χ4n) is 1.85. The molecule has 0 spiro atoms. The molecule has 0 aliphatic carbocycles. The van der Waals surface area contributed by atoms with E-state index < -0.39 is 0 Å². The lowest BCUT2D eigenvalue weighted by molar-refractivity contribution is 0.0879. The predicted molar refractivity (Wildman–Crippen MR) is 72.0 cm³/mol. The topological polar surface area (TPSA) is 29.3 Å². The number of nitrogens with zero attached hydrogens (tertiary/aromatic N) is 1. The first kappa shape index (κ1) is 11.6. The SMILES string of the molecule is NCC1CCN1Cc1cc(Cl)ccc1I. The Morgan fingerprint density at radius 2 is 2.33 bits per heavy atom. The minimum atomic E-state index is 0.569. The van der Waals surface area contributed by atoms with E-state index in [0.29, 0.717) is 6.04 Å². The van der Waals surface area contributed by atoms with E-state index in [4.69, 9.17) is 17.3 Å². The molecule has 1 unspecified atom stereocenters. The van der Waals surface area contributed by atoms with Crippen molar-refractivity contribution < 1.29 is 0 Å².